The van der Waals surface area contributed by atoms with Crippen molar-refractivity contribution in [3.05, 3.63) is 34.1 Å². The lowest BCUT2D eigenvalue weighted by molar-refractivity contribution is -0.159. The molecule has 2 rings (SSSR count). The predicted molar refractivity (Wildman–Crippen MR) is 71.8 cm³/mol. The maximum Gasteiger partial charge on any atom is 0.334 e. The standard InChI is InChI=1S/C13H13BrFNO4/c14-9-2-1-8(5-10(9)15)6-12(17)16-3-4-20-11(7-16)13(18)19/h1-2,5,11H,3-4,6-7H2,(H,18,19). The van der Waals surface area contributed by atoms with Crippen molar-refractivity contribution >= 4 is 27.8 Å². The van der Waals surface area contributed by atoms with Crippen LogP contribution in [-0.2, 0) is 20.7 Å². The minimum Gasteiger partial charge on any atom is -0.479 e. The van der Waals surface area contributed by atoms with Gasteiger partial charge in [-0.25, -0.2) is 9.18 Å². The number of carbonyl (C=O) groups is 2. The van der Waals surface area contributed by atoms with Crippen LogP contribution in [0.15, 0.2) is 22.7 Å². The Morgan fingerprint density at radius 1 is 1.50 bits per heavy atom. The molecule has 20 heavy (non-hydrogen) atoms. The highest BCUT2D eigenvalue weighted by Gasteiger charge is 2.28. The van der Waals surface area contributed by atoms with Crippen LogP contribution in [0.5, 0.6) is 0 Å². The van der Waals surface area contributed by atoms with E-state index in [9.17, 15) is 14.0 Å². The maximum absolute atomic E-state index is 13.4. The number of carboxylic acid groups (broad SMARTS) is 1. The van der Waals surface area contributed by atoms with Crippen molar-refractivity contribution in [1.82, 2.24) is 4.90 Å². The Balaban J connectivity index is 2.00. The van der Waals surface area contributed by atoms with Crippen molar-refractivity contribution in [3.63, 3.8) is 0 Å². The fourth-order valence-electron chi connectivity index (χ4n) is 1.96. The number of hydrogen-bond donors (Lipinski definition) is 1. The number of aliphatic carboxylic acids is 1. The third-order valence-electron chi connectivity index (χ3n) is 3.03. The number of hydrogen-bond acceptors (Lipinski definition) is 3. The molecule has 1 aromatic rings. The molecule has 1 atom stereocenters. The van der Waals surface area contributed by atoms with Gasteiger partial charge < -0.3 is 14.7 Å². The zero-order valence-electron chi connectivity index (χ0n) is 10.5. The van der Waals surface area contributed by atoms with E-state index in [0.717, 1.165) is 0 Å². The third kappa shape index (κ3) is 3.55. The Kier molecular flexibility index (Phi) is 4.72. The molecule has 1 unspecified atom stereocenters. The average molecular weight is 346 g/mol. The molecule has 0 aromatic heterocycles. The number of rotatable bonds is 3. The van der Waals surface area contributed by atoms with Gasteiger partial charge in [-0.3, -0.25) is 4.79 Å². The first-order valence-corrected chi connectivity index (χ1v) is 6.83. The second-order valence-corrected chi connectivity index (χ2v) is 5.32. The molecule has 7 heteroatoms. The predicted octanol–water partition coefficient (Wildman–Crippen LogP) is 1.44. The minimum atomic E-state index is -1.09. The average Bonchev–Trinajstić information content (AvgIpc) is 2.43. The van der Waals surface area contributed by atoms with E-state index < -0.39 is 17.9 Å². The normalized spacial score (nSPS) is 18.9. The lowest BCUT2D eigenvalue weighted by atomic mass is 10.1. The van der Waals surface area contributed by atoms with Crippen LogP contribution in [0, 0.1) is 5.82 Å². The molecule has 0 bridgehead atoms. The van der Waals surface area contributed by atoms with Crippen molar-refractivity contribution in [2.24, 2.45) is 0 Å². The van der Waals surface area contributed by atoms with Gasteiger partial charge in [-0.05, 0) is 33.6 Å². The van der Waals surface area contributed by atoms with Crippen molar-refractivity contribution in [3.8, 4) is 0 Å². The van der Waals surface area contributed by atoms with Crippen LogP contribution in [0.2, 0.25) is 0 Å². The second-order valence-electron chi connectivity index (χ2n) is 4.46. The highest BCUT2D eigenvalue weighted by molar-refractivity contribution is 9.10. The van der Waals surface area contributed by atoms with Gasteiger partial charge in [0.05, 0.1) is 24.0 Å². The monoisotopic (exact) mass is 345 g/mol. The molecular weight excluding hydrogens is 333 g/mol. The summed E-state index contributed by atoms with van der Waals surface area (Å²) in [7, 11) is 0. The summed E-state index contributed by atoms with van der Waals surface area (Å²) in [5, 5.41) is 8.88. The van der Waals surface area contributed by atoms with Crippen molar-refractivity contribution in [2.45, 2.75) is 12.5 Å². The van der Waals surface area contributed by atoms with Gasteiger partial charge in [0.1, 0.15) is 5.82 Å². The number of carbonyl (C=O) groups excluding carboxylic acids is 1. The van der Waals surface area contributed by atoms with Gasteiger partial charge >= 0.3 is 5.97 Å². The van der Waals surface area contributed by atoms with E-state index in [2.05, 4.69) is 15.9 Å². The molecule has 1 heterocycles. The summed E-state index contributed by atoms with van der Waals surface area (Å²) in [4.78, 5) is 24.4. The Hall–Kier alpha value is -1.47. The molecule has 1 N–H and O–H groups in total. The van der Waals surface area contributed by atoms with Crippen LogP contribution in [0.3, 0.4) is 0 Å². The quantitative estimate of drug-likeness (QED) is 0.900. The van der Waals surface area contributed by atoms with Crippen molar-refractivity contribution in [2.75, 3.05) is 19.7 Å². The smallest absolute Gasteiger partial charge is 0.334 e. The Morgan fingerprint density at radius 2 is 2.25 bits per heavy atom. The molecule has 1 aromatic carbocycles. The van der Waals surface area contributed by atoms with Gasteiger partial charge in [0.25, 0.3) is 0 Å². The number of benzene rings is 1. The number of nitrogens with zero attached hydrogens (tertiary/aromatic N) is 1. The summed E-state index contributed by atoms with van der Waals surface area (Å²) in [6.07, 6.45) is -0.953. The van der Waals surface area contributed by atoms with Crippen LogP contribution in [0.1, 0.15) is 5.56 Å². The number of carboxylic acids is 1. The van der Waals surface area contributed by atoms with Crippen LogP contribution in [0.4, 0.5) is 4.39 Å². The molecule has 1 fully saturated rings. The summed E-state index contributed by atoms with van der Waals surface area (Å²) in [5.41, 5.74) is 0.550. The van der Waals surface area contributed by atoms with E-state index in [0.29, 0.717) is 16.6 Å². The number of morpholine rings is 1. The topological polar surface area (TPSA) is 66.8 Å². The molecule has 1 amide bonds. The van der Waals surface area contributed by atoms with Crippen molar-refractivity contribution < 1.29 is 23.8 Å². The van der Waals surface area contributed by atoms with E-state index >= 15 is 0 Å². The van der Waals surface area contributed by atoms with Gasteiger partial charge in [-0.15, -0.1) is 0 Å². The fourth-order valence-corrected chi connectivity index (χ4v) is 2.21. The third-order valence-corrected chi connectivity index (χ3v) is 3.68. The van der Waals surface area contributed by atoms with Gasteiger partial charge in [0, 0.05) is 6.54 Å². The highest BCUT2D eigenvalue weighted by Crippen LogP contribution is 2.17. The molecule has 0 saturated carbocycles. The zero-order valence-corrected chi connectivity index (χ0v) is 12.1. The zero-order chi connectivity index (χ0) is 14.7. The molecule has 0 radical (unpaired) electrons. The Morgan fingerprint density at radius 3 is 2.90 bits per heavy atom. The lowest BCUT2D eigenvalue weighted by Gasteiger charge is -2.31. The van der Waals surface area contributed by atoms with Gasteiger partial charge in [-0.2, -0.15) is 0 Å². The fraction of sp³-hybridized carbons (Fsp3) is 0.385. The van der Waals surface area contributed by atoms with E-state index in [-0.39, 0.29) is 25.5 Å². The Bertz CT molecular complexity index is 537. The first kappa shape index (κ1) is 14.9. The van der Waals surface area contributed by atoms with Gasteiger partial charge in [0.2, 0.25) is 5.91 Å². The summed E-state index contributed by atoms with van der Waals surface area (Å²) in [6, 6.07) is 4.48. The second kappa shape index (κ2) is 6.32. The van der Waals surface area contributed by atoms with Gasteiger partial charge in [-0.1, -0.05) is 6.07 Å². The molecule has 0 spiro atoms. The van der Waals surface area contributed by atoms with E-state index in [4.69, 9.17) is 9.84 Å². The molecule has 108 valence electrons. The summed E-state index contributed by atoms with van der Waals surface area (Å²) in [6.45, 7) is 0.562. The molecule has 0 aliphatic carbocycles. The summed E-state index contributed by atoms with van der Waals surface area (Å²) >= 11 is 3.04. The molecule has 5 nitrogen and oxygen atoms in total. The molecule has 1 saturated heterocycles. The molecular formula is C13H13BrFNO4. The highest BCUT2D eigenvalue weighted by atomic mass is 79.9. The van der Waals surface area contributed by atoms with Gasteiger partial charge in [0.15, 0.2) is 6.10 Å². The minimum absolute atomic E-state index is 0.0210. The summed E-state index contributed by atoms with van der Waals surface area (Å²) < 4.78 is 18.8. The van der Waals surface area contributed by atoms with Crippen LogP contribution in [-0.4, -0.2) is 47.7 Å². The van der Waals surface area contributed by atoms with Crippen LogP contribution >= 0.6 is 15.9 Å². The summed E-state index contributed by atoms with van der Waals surface area (Å²) in [5.74, 6) is -1.75. The molecule has 1 aliphatic heterocycles. The Labute approximate surface area is 123 Å². The largest absolute Gasteiger partial charge is 0.479 e. The maximum atomic E-state index is 13.4. The van der Waals surface area contributed by atoms with E-state index in [1.165, 1.54) is 17.0 Å². The van der Waals surface area contributed by atoms with E-state index in [1.807, 2.05) is 0 Å². The first-order valence-electron chi connectivity index (χ1n) is 6.03. The molecule has 1 aliphatic rings. The lowest BCUT2D eigenvalue weighted by Crippen LogP contribution is -2.49. The first-order chi connectivity index (χ1) is 9.47. The van der Waals surface area contributed by atoms with Crippen LogP contribution in [0.25, 0.3) is 0 Å². The number of amides is 1. The number of ether oxygens (including phenoxy) is 1. The SMILES string of the molecule is O=C(O)C1CN(C(=O)Cc2ccc(Br)c(F)c2)CCO1. The van der Waals surface area contributed by atoms with Crippen molar-refractivity contribution in [1.29, 1.82) is 0 Å². The number of halogens is 2. The van der Waals surface area contributed by atoms with Crippen LogP contribution < -0.4 is 0 Å². The van der Waals surface area contributed by atoms with E-state index in [1.54, 1.807) is 6.07 Å².